The van der Waals surface area contributed by atoms with Crippen LogP contribution in [0.15, 0.2) is 72.8 Å². The Morgan fingerprint density at radius 1 is 0.500 bits per heavy atom. The quantitative estimate of drug-likeness (QED) is 0.372. The van der Waals surface area contributed by atoms with Crippen LogP contribution in [-0.4, -0.2) is 0 Å². The van der Waals surface area contributed by atoms with Crippen LogP contribution in [0.2, 0.25) is 0 Å². The van der Waals surface area contributed by atoms with E-state index in [9.17, 15) is 0 Å². The molecule has 0 heterocycles. The smallest absolute Gasteiger partial charge is 0.131 e. The van der Waals surface area contributed by atoms with Gasteiger partial charge in [-0.1, -0.05) is 6.07 Å². The van der Waals surface area contributed by atoms with E-state index in [2.05, 4.69) is 45.2 Å². The van der Waals surface area contributed by atoms with E-state index in [0.29, 0.717) is 0 Å². The van der Waals surface area contributed by atoms with E-state index in [1.54, 1.807) is 0 Å². The Kier molecular flexibility index (Phi) is 5.20. The van der Waals surface area contributed by atoms with Crippen molar-refractivity contribution in [2.45, 2.75) is 0 Å². The lowest BCUT2D eigenvalue weighted by Crippen LogP contribution is -1.87. The third-order valence-corrected chi connectivity index (χ3v) is 4.34. The third kappa shape index (κ3) is 4.36. The summed E-state index contributed by atoms with van der Waals surface area (Å²) in [6.07, 6.45) is 0. The van der Waals surface area contributed by atoms with Gasteiger partial charge in [0.05, 0.1) is 0 Å². The van der Waals surface area contributed by atoms with E-state index in [-0.39, 0.29) is 0 Å². The molecule has 22 heavy (non-hydrogen) atoms. The summed E-state index contributed by atoms with van der Waals surface area (Å²) in [5.74, 6) is 3.13. The van der Waals surface area contributed by atoms with Crippen LogP contribution in [0.3, 0.4) is 0 Å². The summed E-state index contributed by atoms with van der Waals surface area (Å²) in [5.41, 5.74) is 0. The molecule has 3 aromatic rings. The van der Waals surface area contributed by atoms with E-state index in [4.69, 9.17) is 9.47 Å². The maximum atomic E-state index is 5.85. The molecule has 2 nitrogen and oxygen atoms in total. The number of halogens is 2. The highest BCUT2D eigenvalue weighted by Gasteiger charge is 2.02. The van der Waals surface area contributed by atoms with Gasteiger partial charge in [0.1, 0.15) is 23.0 Å². The van der Waals surface area contributed by atoms with Crippen molar-refractivity contribution < 1.29 is 9.47 Å². The van der Waals surface area contributed by atoms with E-state index in [0.717, 1.165) is 23.0 Å². The molecule has 0 atom stereocenters. The van der Waals surface area contributed by atoms with Gasteiger partial charge in [0.25, 0.3) is 0 Å². The molecule has 110 valence electrons. The zero-order valence-corrected chi connectivity index (χ0v) is 15.8. The summed E-state index contributed by atoms with van der Waals surface area (Å²) >= 11 is 4.54. The molecule has 0 fully saturated rings. The Labute approximate surface area is 156 Å². The number of benzene rings is 3. The normalized spacial score (nSPS) is 10.3. The van der Waals surface area contributed by atoms with Crippen molar-refractivity contribution in [3.63, 3.8) is 0 Å². The molecule has 0 radical (unpaired) electrons. The van der Waals surface area contributed by atoms with E-state index in [1.165, 1.54) is 7.14 Å². The molecular formula is C18H12I2O2. The number of hydrogen-bond donors (Lipinski definition) is 0. The monoisotopic (exact) mass is 514 g/mol. The fourth-order valence-corrected chi connectivity index (χ4v) is 2.60. The lowest BCUT2D eigenvalue weighted by molar-refractivity contribution is 0.460. The molecular weight excluding hydrogens is 502 g/mol. The first-order valence-corrected chi connectivity index (χ1v) is 8.82. The minimum Gasteiger partial charge on any atom is -0.457 e. The zero-order chi connectivity index (χ0) is 15.4. The Hall–Kier alpha value is -1.28. The Bertz CT molecular complexity index is 690. The predicted molar refractivity (Wildman–Crippen MR) is 105 cm³/mol. The Balaban J connectivity index is 1.74. The largest absolute Gasteiger partial charge is 0.457 e. The van der Waals surface area contributed by atoms with E-state index < -0.39 is 0 Å². The summed E-state index contributed by atoms with van der Waals surface area (Å²) in [5, 5.41) is 0. The van der Waals surface area contributed by atoms with Crippen LogP contribution < -0.4 is 9.47 Å². The first kappa shape index (κ1) is 15.6. The maximum Gasteiger partial charge on any atom is 0.131 e. The van der Waals surface area contributed by atoms with Gasteiger partial charge in [-0.15, -0.1) is 0 Å². The molecule has 0 aliphatic heterocycles. The maximum absolute atomic E-state index is 5.85. The molecule has 0 aliphatic rings. The fourth-order valence-electron chi connectivity index (χ4n) is 1.88. The van der Waals surface area contributed by atoms with Crippen molar-refractivity contribution in [1.82, 2.24) is 0 Å². The molecule has 0 saturated carbocycles. The second kappa shape index (κ2) is 7.32. The van der Waals surface area contributed by atoms with Crippen LogP contribution in [0.5, 0.6) is 23.0 Å². The second-order valence-corrected chi connectivity index (χ2v) is 7.08. The van der Waals surface area contributed by atoms with Crippen molar-refractivity contribution >= 4 is 45.2 Å². The third-order valence-electron chi connectivity index (χ3n) is 2.90. The van der Waals surface area contributed by atoms with Crippen LogP contribution in [-0.2, 0) is 0 Å². The molecule has 0 aliphatic carbocycles. The van der Waals surface area contributed by atoms with Crippen LogP contribution in [0, 0.1) is 7.14 Å². The highest BCUT2D eigenvalue weighted by Crippen LogP contribution is 2.28. The standard InChI is InChI=1S/C18H12I2O2/c19-13-4-8-15(9-5-13)21-17-2-1-3-18(12-17)22-16-10-6-14(20)7-11-16/h1-12H. The SMILES string of the molecule is Ic1ccc(Oc2cccc(Oc3ccc(I)cc3)c2)cc1. The van der Waals surface area contributed by atoms with Gasteiger partial charge in [-0.25, -0.2) is 0 Å². The lowest BCUT2D eigenvalue weighted by atomic mass is 10.3. The van der Waals surface area contributed by atoms with Crippen molar-refractivity contribution in [3.05, 3.63) is 79.9 Å². The lowest BCUT2D eigenvalue weighted by Gasteiger charge is -2.09. The minimum absolute atomic E-state index is 0.754. The summed E-state index contributed by atoms with van der Waals surface area (Å²) in [6.45, 7) is 0. The minimum atomic E-state index is 0.754. The molecule has 4 heteroatoms. The summed E-state index contributed by atoms with van der Waals surface area (Å²) in [4.78, 5) is 0. The topological polar surface area (TPSA) is 18.5 Å². The van der Waals surface area contributed by atoms with Crippen molar-refractivity contribution in [2.24, 2.45) is 0 Å². The highest BCUT2D eigenvalue weighted by molar-refractivity contribution is 14.1. The molecule has 0 bridgehead atoms. The van der Waals surface area contributed by atoms with Gasteiger partial charge >= 0.3 is 0 Å². The first-order chi connectivity index (χ1) is 10.7. The summed E-state index contributed by atoms with van der Waals surface area (Å²) in [7, 11) is 0. The molecule has 0 saturated heterocycles. The molecule has 0 aromatic heterocycles. The predicted octanol–water partition coefficient (Wildman–Crippen LogP) is 6.48. The van der Waals surface area contributed by atoms with Crippen molar-refractivity contribution in [3.8, 4) is 23.0 Å². The highest BCUT2D eigenvalue weighted by atomic mass is 127. The Morgan fingerprint density at radius 2 is 0.909 bits per heavy atom. The van der Waals surface area contributed by atoms with Crippen LogP contribution >= 0.6 is 45.2 Å². The second-order valence-electron chi connectivity index (χ2n) is 4.59. The van der Waals surface area contributed by atoms with Gasteiger partial charge in [-0.3, -0.25) is 0 Å². The number of rotatable bonds is 4. The Morgan fingerprint density at radius 3 is 1.32 bits per heavy atom. The fraction of sp³-hybridized carbons (Fsp3) is 0. The zero-order valence-electron chi connectivity index (χ0n) is 11.5. The van der Waals surface area contributed by atoms with E-state index in [1.807, 2.05) is 72.8 Å². The van der Waals surface area contributed by atoms with Crippen molar-refractivity contribution in [2.75, 3.05) is 0 Å². The number of ether oxygens (including phenoxy) is 2. The van der Waals surface area contributed by atoms with Gasteiger partial charge < -0.3 is 9.47 Å². The van der Waals surface area contributed by atoms with Gasteiger partial charge in [0, 0.05) is 13.2 Å². The molecule has 0 spiro atoms. The van der Waals surface area contributed by atoms with E-state index >= 15 is 0 Å². The molecule has 0 N–H and O–H groups in total. The number of hydrogen-bond acceptors (Lipinski definition) is 2. The molecule has 0 unspecified atom stereocenters. The van der Waals surface area contributed by atoms with Gasteiger partial charge in [0.2, 0.25) is 0 Å². The first-order valence-electron chi connectivity index (χ1n) is 6.66. The summed E-state index contributed by atoms with van der Waals surface area (Å²) < 4.78 is 14.1. The van der Waals surface area contributed by atoms with Crippen LogP contribution in [0.25, 0.3) is 0 Å². The molecule has 3 aromatic carbocycles. The molecule has 0 amide bonds. The van der Waals surface area contributed by atoms with Gasteiger partial charge in [0.15, 0.2) is 0 Å². The van der Waals surface area contributed by atoms with Crippen LogP contribution in [0.1, 0.15) is 0 Å². The summed E-state index contributed by atoms with van der Waals surface area (Å²) in [6, 6.07) is 23.5. The van der Waals surface area contributed by atoms with Gasteiger partial charge in [-0.2, -0.15) is 0 Å². The van der Waals surface area contributed by atoms with Gasteiger partial charge in [-0.05, 0) is 106 Å². The average molecular weight is 514 g/mol. The molecule has 3 rings (SSSR count). The average Bonchev–Trinajstić information content (AvgIpc) is 2.52. The van der Waals surface area contributed by atoms with Crippen LogP contribution in [0.4, 0.5) is 0 Å². The van der Waals surface area contributed by atoms with Crippen molar-refractivity contribution in [1.29, 1.82) is 0 Å².